The molecule has 1 saturated carbocycles. The van der Waals surface area contributed by atoms with Gasteiger partial charge in [0.15, 0.2) is 0 Å². The van der Waals surface area contributed by atoms with E-state index in [2.05, 4.69) is 13.8 Å². The van der Waals surface area contributed by atoms with Crippen molar-refractivity contribution in [2.24, 2.45) is 17.8 Å². The molecule has 110 valence electrons. The first kappa shape index (κ1) is 15.0. The lowest BCUT2D eigenvalue weighted by atomic mass is 9.67. The number of hydrogen-bond donors (Lipinski definition) is 1. The molecule has 0 amide bonds. The minimum Gasteiger partial charge on any atom is -0.481 e. The van der Waals surface area contributed by atoms with Crippen LogP contribution in [0.2, 0.25) is 0 Å². The minimum absolute atomic E-state index is 0.0654. The highest BCUT2D eigenvalue weighted by molar-refractivity contribution is 5.71. The molecule has 3 heteroatoms. The fraction of sp³-hybridized carbons (Fsp3) is 0.588. The van der Waals surface area contributed by atoms with Crippen LogP contribution in [0.25, 0.3) is 0 Å². The normalized spacial score (nSPS) is 26.8. The topological polar surface area (TPSA) is 37.3 Å². The summed E-state index contributed by atoms with van der Waals surface area (Å²) in [6.07, 6.45) is 2.50. The van der Waals surface area contributed by atoms with Gasteiger partial charge in [-0.25, -0.2) is 4.39 Å². The Morgan fingerprint density at radius 2 is 2.05 bits per heavy atom. The van der Waals surface area contributed by atoms with E-state index in [9.17, 15) is 14.3 Å². The molecule has 1 aliphatic rings. The van der Waals surface area contributed by atoms with Gasteiger partial charge in [-0.15, -0.1) is 0 Å². The van der Waals surface area contributed by atoms with Gasteiger partial charge in [0.25, 0.3) is 0 Å². The molecule has 0 aliphatic heterocycles. The highest BCUT2D eigenvalue weighted by atomic mass is 19.1. The number of halogens is 1. The zero-order valence-corrected chi connectivity index (χ0v) is 12.4. The van der Waals surface area contributed by atoms with Crippen LogP contribution in [0, 0.1) is 30.5 Å². The molecule has 1 aromatic carbocycles. The third-order valence-corrected chi connectivity index (χ3v) is 4.79. The Balaban J connectivity index is 2.36. The predicted octanol–water partition coefficient (Wildman–Crippen LogP) is 4.37. The maximum absolute atomic E-state index is 13.5. The van der Waals surface area contributed by atoms with Crippen molar-refractivity contribution >= 4 is 5.97 Å². The van der Waals surface area contributed by atoms with Gasteiger partial charge in [-0.2, -0.15) is 0 Å². The molecule has 0 bridgehead atoms. The van der Waals surface area contributed by atoms with Crippen molar-refractivity contribution in [1.29, 1.82) is 0 Å². The van der Waals surface area contributed by atoms with Crippen LogP contribution in [0.15, 0.2) is 18.2 Å². The molecule has 1 aromatic rings. The smallest absolute Gasteiger partial charge is 0.307 e. The molecule has 0 heterocycles. The van der Waals surface area contributed by atoms with Crippen LogP contribution < -0.4 is 0 Å². The van der Waals surface area contributed by atoms with Gasteiger partial charge in [-0.05, 0) is 67.2 Å². The Kier molecular flexibility index (Phi) is 4.46. The Morgan fingerprint density at radius 3 is 2.65 bits per heavy atom. The zero-order valence-electron chi connectivity index (χ0n) is 12.4. The second kappa shape index (κ2) is 5.94. The number of carbonyl (C=O) groups is 1. The lowest BCUT2D eigenvalue weighted by Crippen LogP contribution is -2.31. The Hall–Kier alpha value is -1.38. The number of benzene rings is 1. The van der Waals surface area contributed by atoms with E-state index in [0.717, 1.165) is 24.0 Å². The molecule has 1 N–H and O–H groups in total. The van der Waals surface area contributed by atoms with Gasteiger partial charge < -0.3 is 5.11 Å². The molecule has 1 fully saturated rings. The molecule has 3 atom stereocenters. The van der Waals surface area contributed by atoms with Crippen molar-refractivity contribution in [2.75, 3.05) is 0 Å². The summed E-state index contributed by atoms with van der Waals surface area (Å²) in [4.78, 5) is 11.5. The monoisotopic (exact) mass is 278 g/mol. The first-order valence-electron chi connectivity index (χ1n) is 7.39. The van der Waals surface area contributed by atoms with Gasteiger partial charge in [0.1, 0.15) is 5.82 Å². The molecular formula is C17H23FO2. The Morgan fingerprint density at radius 1 is 1.35 bits per heavy atom. The van der Waals surface area contributed by atoms with Gasteiger partial charge in [-0.3, -0.25) is 4.79 Å². The van der Waals surface area contributed by atoms with Crippen LogP contribution in [0.3, 0.4) is 0 Å². The SMILES string of the molecule is Cc1ccc(F)cc1C1CC(C(C)C)CCC1C(=O)O. The van der Waals surface area contributed by atoms with E-state index in [0.29, 0.717) is 18.3 Å². The van der Waals surface area contributed by atoms with Crippen LogP contribution in [-0.2, 0) is 4.79 Å². The third kappa shape index (κ3) is 3.02. The summed E-state index contributed by atoms with van der Waals surface area (Å²) in [6, 6.07) is 4.72. The third-order valence-electron chi connectivity index (χ3n) is 4.79. The maximum Gasteiger partial charge on any atom is 0.307 e. The van der Waals surface area contributed by atoms with Gasteiger partial charge in [0.2, 0.25) is 0 Å². The molecule has 3 unspecified atom stereocenters. The van der Waals surface area contributed by atoms with Crippen LogP contribution >= 0.6 is 0 Å². The summed E-state index contributed by atoms with van der Waals surface area (Å²) in [7, 11) is 0. The van der Waals surface area contributed by atoms with E-state index in [1.807, 2.05) is 6.92 Å². The fourth-order valence-electron chi connectivity index (χ4n) is 3.46. The first-order valence-corrected chi connectivity index (χ1v) is 7.39. The van der Waals surface area contributed by atoms with Gasteiger partial charge >= 0.3 is 5.97 Å². The Labute approximate surface area is 120 Å². The summed E-state index contributed by atoms with van der Waals surface area (Å²) < 4.78 is 13.5. The predicted molar refractivity (Wildman–Crippen MR) is 77.2 cm³/mol. The average Bonchev–Trinajstić information content (AvgIpc) is 2.40. The zero-order chi connectivity index (χ0) is 14.9. The second-order valence-electron chi connectivity index (χ2n) is 6.37. The first-order chi connectivity index (χ1) is 9.40. The summed E-state index contributed by atoms with van der Waals surface area (Å²) in [5.41, 5.74) is 1.87. The van der Waals surface area contributed by atoms with E-state index < -0.39 is 5.97 Å². The molecule has 20 heavy (non-hydrogen) atoms. The van der Waals surface area contributed by atoms with Crippen LogP contribution in [0.1, 0.15) is 50.2 Å². The Bertz CT molecular complexity index is 496. The molecule has 2 rings (SSSR count). The van der Waals surface area contributed by atoms with Crippen molar-refractivity contribution in [1.82, 2.24) is 0 Å². The molecule has 1 aliphatic carbocycles. The van der Waals surface area contributed by atoms with Crippen molar-refractivity contribution in [3.05, 3.63) is 35.1 Å². The lowest BCUT2D eigenvalue weighted by Gasteiger charge is -2.36. The van der Waals surface area contributed by atoms with Crippen molar-refractivity contribution in [2.45, 2.75) is 46.0 Å². The van der Waals surface area contributed by atoms with Crippen molar-refractivity contribution in [3.63, 3.8) is 0 Å². The van der Waals surface area contributed by atoms with Crippen LogP contribution in [0.5, 0.6) is 0 Å². The van der Waals surface area contributed by atoms with Gasteiger partial charge in [-0.1, -0.05) is 19.9 Å². The number of rotatable bonds is 3. The number of carboxylic acid groups (broad SMARTS) is 1. The van der Waals surface area contributed by atoms with E-state index in [-0.39, 0.29) is 17.7 Å². The van der Waals surface area contributed by atoms with Gasteiger partial charge in [0.05, 0.1) is 5.92 Å². The molecular weight excluding hydrogens is 255 g/mol. The second-order valence-corrected chi connectivity index (χ2v) is 6.37. The summed E-state index contributed by atoms with van der Waals surface area (Å²) in [5.74, 6) is -0.406. The summed E-state index contributed by atoms with van der Waals surface area (Å²) in [5, 5.41) is 9.46. The maximum atomic E-state index is 13.5. The van der Waals surface area contributed by atoms with E-state index in [1.165, 1.54) is 12.1 Å². The molecule has 0 saturated heterocycles. The number of carboxylic acids is 1. The number of aryl methyl sites for hydroxylation is 1. The van der Waals surface area contributed by atoms with Crippen LogP contribution in [0.4, 0.5) is 4.39 Å². The largest absolute Gasteiger partial charge is 0.481 e. The van der Waals surface area contributed by atoms with Crippen molar-refractivity contribution in [3.8, 4) is 0 Å². The highest BCUT2D eigenvalue weighted by Gasteiger charge is 2.37. The van der Waals surface area contributed by atoms with Gasteiger partial charge in [0, 0.05) is 0 Å². The highest BCUT2D eigenvalue weighted by Crippen LogP contribution is 2.44. The number of aliphatic carboxylic acids is 1. The van der Waals surface area contributed by atoms with Crippen LogP contribution in [-0.4, -0.2) is 11.1 Å². The average molecular weight is 278 g/mol. The van der Waals surface area contributed by atoms with E-state index in [4.69, 9.17) is 0 Å². The van der Waals surface area contributed by atoms with E-state index in [1.54, 1.807) is 6.07 Å². The minimum atomic E-state index is -0.749. The molecule has 0 aromatic heterocycles. The fourth-order valence-corrected chi connectivity index (χ4v) is 3.46. The number of hydrogen-bond acceptors (Lipinski definition) is 1. The lowest BCUT2D eigenvalue weighted by molar-refractivity contribution is -0.144. The summed E-state index contributed by atoms with van der Waals surface area (Å²) >= 11 is 0. The molecule has 2 nitrogen and oxygen atoms in total. The van der Waals surface area contributed by atoms with E-state index >= 15 is 0 Å². The standard InChI is InChI=1S/C17H23FO2/c1-10(2)12-5-7-14(17(19)20)16(8-12)15-9-13(18)6-4-11(15)3/h4,6,9-10,12,14,16H,5,7-8H2,1-3H3,(H,19,20). The van der Waals surface area contributed by atoms with Crippen molar-refractivity contribution < 1.29 is 14.3 Å². The summed E-state index contributed by atoms with van der Waals surface area (Å²) in [6.45, 7) is 6.30. The quantitative estimate of drug-likeness (QED) is 0.891. The molecule has 0 radical (unpaired) electrons. The molecule has 0 spiro atoms.